The Morgan fingerprint density at radius 1 is 0.903 bits per heavy atom. The summed E-state index contributed by atoms with van der Waals surface area (Å²) < 4.78 is 0. The Labute approximate surface area is 184 Å². The second-order valence-corrected chi connectivity index (χ2v) is 6.41. The molecule has 0 spiro atoms. The quantitative estimate of drug-likeness (QED) is 0.232. The molecule has 31 heavy (non-hydrogen) atoms. The van der Waals surface area contributed by atoms with Crippen LogP contribution < -0.4 is 16.4 Å². The molecule has 0 atom stereocenters. The van der Waals surface area contributed by atoms with E-state index < -0.39 is 0 Å². The van der Waals surface area contributed by atoms with Crippen LogP contribution in [0.2, 0.25) is 0 Å². The number of hydrogen-bond acceptors (Lipinski definition) is 6. The maximum Gasteiger partial charge on any atom is 0.199 e. The summed E-state index contributed by atoms with van der Waals surface area (Å²) in [7, 11) is 0. The van der Waals surface area contributed by atoms with Gasteiger partial charge >= 0.3 is 0 Å². The number of rotatable bonds is 6. The predicted molar refractivity (Wildman–Crippen MR) is 121 cm³/mol. The molecule has 1 heterocycles. The van der Waals surface area contributed by atoms with Gasteiger partial charge in [0.1, 0.15) is 17.7 Å². The summed E-state index contributed by atoms with van der Waals surface area (Å²) in [4.78, 5) is 4.24. The predicted octanol–water partition coefficient (Wildman–Crippen LogP) is 4.15. The van der Waals surface area contributed by atoms with Crippen molar-refractivity contribution >= 4 is 34.8 Å². The van der Waals surface area contributed by atoms with Gasteiger partial charge < -0.3 is 16.4 Å². The van der Waals surface area contributed by atoms with Gasteiger partial charge in [-0.05, 0) is 24.3 Å². The van der Waals surface area contributed by atoms with Crippen molar-refractivity contribution in [3.63, 3.8) is 0 Å². The molecule has 0 bridgehead atoms. The minimum absolute atomic E-state index is 0.0300. The van der Waals surface area contributed by atoms with Crippen LogP contribution in [0, 0.1) is 22.7 Å². The number of nitrogens with zero attached hydrogens (tertiary/aromatic N) is 5. The van der Waals surface area contributed by atoms with Gasteiger partial charge in [0, 0.05) is 5.56 Å². The van der Waals surface area contributed by atoms with E-state index in [1.165, 1.54) is 0 Å². The zero-order chi connectivity index (χ0) is 22.1. The molecule has 2 aromatic carbocycles. The van der Waals surface area contributed by atoms with Gasteiger partial charge in [-0.1, -0.05) is 42.5 Å². The van der Waals surface area contributed by atoms with E-state index in [1.54, 1.807) is 30.3 Å². The van der Waals surface area contributed by atoms with Gasteiger partial charge in [-0.25, -0.2) is 0 Å². The van der Waals surface area contributed by atoms with Crippen molar-refractivity contribution in [2.45, 2.75) is 0 Å². The first-order valence-electron chi connectivity index (χ1n) is 9.10. The lowest BCUT2D eigenvalue weighted by Crippen LogP contribution is -2.23. The molecule has 9 heteroatoms. The molecule has 3 rings (SSSR count). The number of aromatic nitrogens is 2. The summed E-state index contributed by atoms with van der Waals surface area (Å²) in [6, 6.07) is 24.0. The zero-order valence-corrected chi connectivity index (χ0v) is 17.0. The highest BCUT2D eigenvalue weighted by Crippen LogP contribution is 2.24. The number of nitrogens with one attached hydrogen (secondary N) is 2. The highest BCUT2D eigenvalue weighted by atomic mass is 35.5. The average molecular weight is 429 g/mol. The fourth-order valence-corrected chi connectivity index (χ4v) is 2.82. The zero-order valence-electron chi connectivity index (χ0n) is 16.2. The molecule has 8 nitrogen and oxygen atoms in total. The number of nitrogens with two attached hydrogens (primary N) is 1. The van der Waals surface area contributed by atoms with Crippen molar-refractivity contribution in [2.75, 3.05) is 16.5 Å². The van der Waals surface area contributed by atoms with Gasteiger partial charge in [-0.15, -0.1) is 21.8 Å². The van der Waals surface area contributed by atoms with Crippen molar-refractivity contribution < 1.29 is 0 Å². The number of nitriles is 2. The third kappa shape index (κ3) is 5.57. The standard InChI is InChI=1S/C22H17ClN8/c23-12-20(16(13-24)14-25)27-18-8-4-5-9-19(18)28-22(26)29-21-11-10-17(30-31-21)15-6-2-1-3-7-15/h1-11,27H,12H2,(H3,26,28,29,31). The summed E-state index contributed by atoms with van der Waals surface area (Å²) in [5.41, 5.74) is 9.06. The Bertz CT molecular complexity index is 1170. The van der Waals surface area contributed by atoms with Crippen molar-refractivity contribution in [1.29, 1.82) is 10.5 Å². The molecule has 0 saturated carbocycles. The molecule has 0 aliphatic heterocycles. The van der Waals surface area contributed by atoms with Crippen LogP contribution in [-0.2, 0) is 0 Å². The van der Waals surface area contributed by atoms with Crippen LogP contribution in [0.5, 0.6) is 0 Å². The fourth-order valence-electron chi connectivity index (χ4n) is 2.62. The highest BCUT2D eigenvalue weighted by Gasteiger charge is 2.09. The van der Waals surface area contributed by atoms with Gasteiger partial charge in [-0.2, -0.15) is 15.5 Å². The number of hydrogen-bond donors (Lipinski definition) is 3. The Balaban J connectivity index is 1.79. The number of aliphatic imine (C=N–C) groups is 1. The van der Waals surface area contributed by atoms with E-state index in [0.717, 1.165) is 11.3 Å². The van der Waals surface area contributed by atoms with Crippen molar-refractivity contribution in [2.24, 2.45) is 10.7 Å². The highest BCUT2D eigenvalue weighted by molar-refractivity contribution is 6.19. The lowest BCUT2D eigenvalue weighted by atomic mass is 10.1. The first-order chi connectivity index (χ1) is 15.1. The van der Waals surface area contributed by atoms with E-state index in [1.807, 2.05) is 48.5 Å². The molecule has 3 aromatic rings. The first kappa shape index (κ1) is 21.3. The maximum absolute atomic E-state index is 9.08. The number of para-hydroxylation sites is 2. The summed E-state index contributed by atoms with van der Waals surface area (Å²) >= 11 is 5.89. The molecule has 0 radical (unpaired) electrons. The van der Waals surface area contributed by atoms with E-state index in [2.05, 4.69) is 25.8 Å². The molecule has 0 aliphatic rings. The van der Waals surface area contributed by atoms with Crippen LogP contribution in [0.15, 0.2) is 83.0 Å². The molecule has 0 unspecified atom stereocenters. The minimum Gasteiger partial charge on any atom is -0.369 e. The van der Waals surface area contributed by atoms with Crippen LogP contribution in [0.1, 0.15) is 0 Å². The minimum atomic E-state index is -0.0970. The topological polar surface area (TPSA) is 136 Å². The second kappa shape index (κ2) is 10.4. The molecule has 0 saturated heterocycles. The Hall–Kier alpha value is -4.40. The molecule has 152 valence electrons. The molecular weight excluding hydrogens is 412 g/mol. The van der Waals surface area contributed by atoms with Crippen LogP contribution in [0.25, 0.3) is 11.3 Å². The number of allylic oxidation sites excluding steroid dienone is 2. The summed E-state index contributed by atoms with van der Waals surface area (Å²) in [6.07, 6.45) is 0. The molecule has 0 aliphatic carbocycles. The average Bonchev–Trinajstić information content (AvgIpc) is 2.81. The third-order valence-corrected chi connectivity index (χ3v) is 4.36. The molecule has 0 fully saturated rings. The number of halogens is 1. The van der Waals surface area contributed by atoms with Crippen LogP contribution in [-0.4, -0.2) is 22.0 Å². The van der Waals surface area contributed by atoms with Gasteiger partial charge in [0.15, 0.2) is 11.8 Å². The Kier molecular flexibility index (Phi) is 7.15. The van der Waals surface area contributed by atoms with Crippen molar-refractivity contribution in [1.82, 2.24) is 10.2 Å². The smallest absolute Gasteiger partial charge is 0.199 e. The van der Waals surface area contributed by atoms with Gasteiger partial charge in [-0.3, -0.25) is 0 Å². The SMILES string of the molecule is N#CC(C#N)=C(CCl)Nc1ccccc1NC(N)=Nc1ccc(-c2ccccc2)nn1. The fraction of sp³-hybridized carbons (Fsp3) is 0.0455. The van der Waals surface area contributed by atoms with E-state index >= 15 is 0 Å². The Morgan fingerprint density at radius 3 is 2.13 bits per heavy atom. The monoisotopic (exact) mass is 428 g/mol. The molecule has 0 amide bonds. The van der Waals surface area contributed by atoms with Crippen molar-refractivity contribution in [3.05, 3.63) is 78.0 Å². The number of benzene rings is 2. The second-order valence-electron chi connectivity index (χ2n) is 6.15. The van der Waals surface area contributed by atoms with Crippen LogP contribution in [0.3, 0.4) is 0 Å². The molecule has 1 aromatic heterocycles. The molecule has 4 N–H and O–H groups in total. The van der Waals surface area contributed by atoms with Gasteiger partial charge in [0.25, 0.3) is 0 Å². The number of alkyl halides is 1. The van der Waals surface area contributed by atoms with E-state index in [4.69, 9.17) is 27.9 Å². The largest absolute Gasteiger partial charge is 0.369 e. The van der Waals surface area contributed by atoms with E-state index in [0.29, 0.717) is 22.9 Å². The first-order valence-corrected chi connectivity index (χ1v) is 9.63. The normalized spacial score (nSPS) is 10.5. The van der Waals surface area contributed by atoms with E-state index in [-0.39, 0.29) is 17.4 Å². The van der Waals surface area contributed by atoms with Gasteiger partial charge in [0.2, 0.25) is 0 Å². The lowest BCUT2D eigenvalue weighted by molar-refractivity contribution is 1.03. The number of anilines is 2. The van der Waals surface area contributed by atoms with Gasteiger partial charge in [0.05, 0.1) is 28.6 Å². The van der Waals surface area contributed by atoms with Crippen LogP contribution in [0.4, 0.5) is 17.2 Å². The summed E-state index contributed by atoms with van der Waals surface area (Å²) in [6.45, 7) is 0. The van der Waals surface area contributed by atoms with Crippen molar-refractivity contribution in [3.8, 4) is 23.4 Å². The number of guanidine groups is 1. The third-order valence-electron chi connectivity index (χ3n) is 4.09. The van der Waals surface area contributed by atoms with Crippen LogP contribution >= 0.6 is 11.6 Å². The lowest BCUT2D eigenvalue weighted by Gasteiger charge is -2.14. The summed E-state index contributed by atoms with van der Waals surface area (Å²) in [5, 5.41) is 32.4. The molecular formula is C22H17ClN8. The van der Waals surface area contributed by atoms with E-state index in [9.17, 15) is 0 Å². The summed E-state index contributed by atoms with van der Waals surface area (Å²) in [5.74, 6) is 0.401. The Morgan fingerprint density at radius 2 is 1.55 bits per heavy atom. The maximum atomic E-state index is 9.08.